The van der Waals surface area contributed by atoms with Crippen molar-refractivity contribution in [1.29, 1.82) is 0 Å². The first kappa shape index (κ1) is 3.47. The van der Waals surface area contributed by atoms with Crippen LogP contribution in [0, 0.1) is 0 Å². The van der Waals surface area contributed by atoms with Crippen molar-refractivity contribution >= 4 is 21.1 Å². The Morgan fingerprint density at radius 3 is 1.80 bits per heavy atom. The second-order valence-electron chi connectivity index (χ2n) is 0.962. The molecule has 0 aliphatic carbocycles. The maximum absolute atomic E-state index is 2.32. The second kappa shape index (κ2) is 1.65. The van der Waals surface area contributed by atoms with Crippen LogP contribution in [0.25, 0.3) is 0 Å². The van der Waals surface area contributed by atoms with Crippen LogP contribution in [0.15, 0.2) is 20.3 Å². The summed E-state index contributed by atoms with van der Waals surface area (Å²) in [5.74, 6) is 0. The molecule has 1 aliphatic rings. The van der Waals surface area contributed by atoms with Gasteiger partial charge in [-0.25, -0.2) is 0 Å². The predicted octanol–water partition coefficient (Wildman–Crippen LogP) is 0.464. The molecule has 1 radical (unpaired) electrons. The standard InChI is InChI=1S/C4H4.Sn.H/c1-3-4-2;;/h1-4H;;. The molecule has 25 valence electrons. The van der Waals surface area contributed by atoms with E-state index < -0.39 is 0 Å². The normalized spacial score (nSPS) is 17.6. The van der Waals surface area contributed by atoms with Gasteiger partial charge in [0.25, 0.3) is 0 Å². The average Bonchev–Trinajstić information content (AvgIpc) is 1.76. The zero-order valence-electron chi connectivity index (χ0n) is 2.89. The molecule has 0 atom stereocenters. The third kappa shape index (κ3) is 0.797. The van der Waals surface area contributed by atoms with E-state index in [4.69, 9.17) is 0 Å². The summed E-state index contributed by atoms with van der Waals surface area (Å²) in [5.41, 5.74) is 0. The van der Waals surface area contributed by atoms with Gasteiger partial charge in [-0.05, 0) is 0 Å². The Bertz CT molecular complexity index is 61.7. The fourth-order valence-corrected chi connectivity index (χ4v) is 2.15. The first-order chi connectivity index (χ1) is 2.50. The van der Waals surface area contributed by atoms with E-state index in [1.807, 2.05) is 0 Å². The van der Waals surface area contributed by atoms with Crippen LogP contribution < -0.4 is 0 Å². The zero-order chi connectivity index (χ0) is 3.54. The van der Waals surface area contributed by atoms with Gasteiger partial charge in [0.15, 0.2) is 0 Å². The minimum atomic E-state index is -0.170. The van der Waals surface area contributed by atoms with Crippen LogP contribution in [0.2, 0.25) is 0 Å². The first-order valence-electron chi connectivity index (χ1n) is 1.67. The first-order valence-corrected chi connectivity index (χ1v) is 5.47. The van der Waals surface area contributed by atoms with E-state index >= 15 is 0 Å². The molecular formula is C4H5Sn. The molecular weight excluding hydrogens is 167 g/mol. The van der Waals surface area contributed by atoms with Crippen molar-refractivity contribution in [2.45, 2.75) is 0 Å². The van der Waals surface area contributed by atoms with Crippen LogP contribution >= 0.6 is 0 Å². The Labute approximate surface area is 41.8 Å². The molecule has 1 heterocycles. The van der Waals surface area contributed by atoms with Gasteiger partial charge in [0, 0.05) is 0 Å². The monoisotopic (exact) mass is 173 g/mol. The fourth-order valence-electron chi connectivity index (χ4n) is 0.321. The van der Waals surface area contributed by atoms with Crippen LogP contribution in [0.4, 0.5) is 0 Å². The molecule has 0 nitrogen and oxygen atoms in total. The van der Waals surface area contributed by atoms with Crippen LogP contribution in [-0.2, 0) is 0 Å². The molecule has 0 amide bonds. The Balaban J connectivity index is 2.61. The van der Waals surface area contributed by atoms with Crippen LogP contribution in [0.1, 0.15) is 0 Å². The SMILES string of the molecule is C1=[CH][SnH][CH]=C1. The fraction of sp³-hybridized carbons (Fsp3) is 0. The molecule has 0 saturated carbocycles. The van der Waals surface area contributed by atoms with Crippen molar-refractivity contribution in [2.75, 3.05) is 0 Å². The van der Waals surface area contributed by atoms with Gasteiger partial charge in [-0.3, -0.25) is 0 Å². The van der Waals surface area contributed by atoms with Gasteiger partial charge >= 0.3 is 41.5 Å². The van der Waals surface area contributed by atoms with E-state index in [1.165, 1.54) is 0 Å². The Morgan fingerprint density at radius 2 is 1.60 bits per heavy atom. The molecule has 5 heavy (non-hydrogen) atoms. The van der Waals surface area contributed by atoms with Crippen LogP contribution in [-0.4, -0.2) is 21.1 Å². The zero-order valence-corrected chi connectivity index (χ0v) is 6.18. The van der Waals surface area contributed by atoms with Gasteiger partial charge in [-0.1, -0.05) is 0 Å². The van der Waals surface area contributed by atoms with E-state index in [9.17, 15) is 0 Å². The van der Waals surface area contributed by atoms with Crippen molar-refractivity contribution in [3.63, 3.8) is 0 Å². The molecule has 0 aromatic carbocycles. The summed E-state index contributed by atoms with van der Waals surface area (Å²) in [5, 5.41) is 0. The van der Waals surface area contributed by atoms with Crippen LogP contribution in [0.3, 0.4) is 0 Å². The van der Waals surface area contributed by atoms with Gasteiger partial charge in [0.1, 0.15) is 0 Å². The van der Waals surface area contributed by atoms with Gasteiger partial charge in [-0.2, -0.15) is 0 Å². The Kier molecular flexibility index (Phi) is 1.14. The Morgan fingerprint density at radius 1 is 1.00 bits per heavy atom. The topological polar surface area (TPSA) is 0 Å². The second-order valence-corrected chi connectivity index (χ2v) is 4.26. The summed E-state index contributed by atoms with van der Waals surface area (Å²) < 4.78 is 4.63. The summed E-state index contributed by atoms with van der Waals surface area (Å²) in [4.78, 5) is 0. The van der Waals surface area contributed by atoms with Crippen molar-refractivity contribution < 1.29 is 0 Å². The molecule has 1 aliphatic heterocycles. The van der Waals surface area contributed by atoms with Crippen molar-refractivity contribution in [3.05, 3.63) is 20.3 Å². The molecule has 1 rings (SSSR count). The molecule has 0 N–H and O–H groups in total. The van der Waals surface area contributed by atoms with Crippen molar-refractivity contribution in [3.8, 4) is 0 Å². The number of rotatable bonds is 0. The average molecular weight is 172 g/mol. The summed E-state index contributed by atoms with van der Waals surface area (Å²) in [7, 11) is 0. The number of allylic oxidation sites excluding steroid dienone is 2. The third-order valence-electron chi connectivity index (χ3n) is 0.556. The van der Waals surface area contributed by atoms with Gasteiger partial charge in [-0.15, -0.1) is 0 Å². The summed E-state index contributed by atoms with van der Waals surface area (Å²) >= 11 is -0.170. The summed E-state index contributed by atoms with van der Waals surface area (Å²) in [6.45, 7) is 0. The molecule has 1 heteroatoms. The molecule has 0 aromatic heterocycles. The van der Waals surface area contributed by atoms with Gasteiger partial charge < -0.3 is 0 Å². The summed E-state index contributed by atoms with van der Waals surface area (Å²) in [6, 6.07) is 0. The van der Waals surface area contributed by atoms with E-state index in [-0.39, 0.29) is 21.1 Å². The van der Waals surface area contributed by atoms with Crippen LogP contribution in [0.5, 0.6) is 0 Å². The molecule has 0 spiro atoms. The quantitative estimate of drug-likeness (QED) is 0.465. The van der Waals surface area contributed by atoms with E-state index in [0.29, 0.717) is 0 Å². The van der Waals surface area contributed by atoms with Crippen molar-refractivity contribution in [1.82, 2.24) is 0 Å². The number of hydrogen-bond donors (Lipinski definition) is 0. The maximum atomic E-state index is 2.32. The van der Waals surface area contributed by atoms with Crippen molar-refractivity contribution in [2.24, 2.45) is 0 Å². The Hall–Kier alpha value is 0.279. The predicted molar refractivity (Wildman–Crippen MR) is 25.4 cm³/mol. The summed E-state index contributed by atoms with van der Waals surface area (Å²) in [6.07, 6.45) is 4.28. The molecule has 0 bridgehead atoms. The number of hydrogen-bond acceptors (Lipinski definition) is 0. The third-order valence-corrected chi connectivity index (χ3v) is 3.09. The van der Waals surface area contributed by atoms with E-state index in [0.717, 1.165) is 0 Å². The van der Waals surface area contributed by atoms with E-state index in [2.05, 4.69) is 20.3 Å². The van der Waals surface area contributed by atoms with Gasteiger partial charge in [0.2, 0.25) is 0 Å². The molecule has 0 aromatic rings. The van der Waals surface area contributed by atoms with Gasteiger partial charge in [0.05, 0.1) is 0 Å². The molecule has 0 saturated heterocycles. The molecule has 0 unspecified atom stereocenters. The molecule has 0 fully saturated rings. The van der Waals surface area contributed by atoms with E-state index in [1.54, 1.807) is 0 Å². The minimum absolute atomic E-state index is 0.170.